The molecule has 1 aromatic heterocycles. The Morgan fingerprint density at radius 1 is 1.28 bits per heavy atom. The lowest BCUT2D eigenvalue weighted by molar-refractivity contribution is 0.333. The van der Waals surface area contributed by atoms with Gasteiger partial charge in [-0.05, 0) is 44.2 Å². The van der Waals surface area contributed by atoms with Gasteiger partial charge in [0.15, 0.2) is 0 Å². The molecule has 3 aromatic rings. The summed E-state index contributed by atoms with van der Waals surface area (Å²) in [6.07, 6.45) is 0. The van der Waals surface area contributed by atoms with Crippen molar-refractivity contribution in [1.29, 1.82) is 5.26 Å². The van der Waals surface area contributed by atoms with Crippen molar-refractivity contribution < 1.29 is 9.47 Å². The number of nitrogens with two attached hydrogens (primary N) is 1. The van der Waals surface area contributed by atoms with Gasteiger partial charge in [-0.2, -0.15) is 10.4 Å². The Balaban J connectivity index is 1.99. The maximum absolute atomic E-state index is 9.88. The molecular formula is C22H19BrN4O2. The van der Waals surface area contributed by atoms with Gasteiger partial charge < -0.3 is 15.2 Å². The molecule has 1 unspecified atom stereocenters. The molecule has 0 bridgehead atoms. The van der Waals surface area contributed by atoms with Gasteiger partial charge in [0.2, 0.25) is 11.8 Å². The van der Waals surface area contributed by atoms with Crippen molar-refractivity contribution >= 4 is 15.9 Å². The highest BCUT2D eigenvalue weighted by molar-refractivity contribution is 9.10. The molecule has 4 rings (SSSR count). The van der Waals surface area contributed by atoms with Crippen molar-refractivity contribution in [3.8, 4) is 23.4 Å². The largest absolute Gasteiger partial charge is 0.494 e. The van der Waals surface area contributed by atoms with Crippen molar-refractivity contribution in [2.24, 2.45) is 5.73 Å². The summed E-state index contributed by atoms with van der Waals surface area (Å²) < 4.78 is 14.4. The van der Waals surface area contributed by atoms with Gasteiger partial charge in [0.25, 0.3) is 0 Å². The van der Waals surface area contributed by atoms with E-state index >= 15 is 0 Å². The third-order valence-electron chi connectivity index (χ3n) is 4.82. The normalized spacial score (nSPS) is 15.4. The molecule has 1 aliphatic rings. The molecule has 2 heterocycles. The summed E-state index contributed by atoms with van der Waals surface area (Å²) in [5.74, 6) is 0.836. The van der Waals surface area contributed by atoms with Crippen molar-refractivity contribution in [2.45, 2.75) is 19.8 Å². The number of rotatable bonds is 4. The van der Waals surface area contributed by atoms with Crippen LogP contribution >= 0.6 is 15.9 Å². The van der Waals surface area contributed by atoms with Crippen LogP contribution in [0.4, 0.5) is 0 Å². The Morgan fingerprint density at radius 3 is 2.72 bits per heavy atom. The number of aryl methyl sites for hydroxylation is 1. The zero-order chi connectivity index (χ0) is 20.5. The second-order valence-electron chi connectivity index (χ2n) is 6.59. The summed E-state index contributed by atoms with van der Waals surface area (Å²) in [4.78, 5) is 0. The van der Waals surface area contributed by atoms with Gasteiger partial charge in [0, 0.05) is 10.0 Å². The first kappa shape index (κ1) is 19.1. The third kappa shape index (κ3) is 3.26. The number of nitrogens with zero attached hydrogens (tertiary/aromatic N) is 3. The Labute approximate surface area is 177 Å². The molecule has 29 heavy (non-hydrogen) atoms. The van der Waals surface area contributed by atoms with Crippen LogP contribution in [0.3, 0.4) is 0 Å². The number of halogens is 1. The first-order valence-corrected chi connectivity index (χ1v) is 9.99. The lowest BCUT2D eigenvalue weighted by Gasteiger charge is -2.26. The summed E-state index contributed by atoms with van der Waals surface area (Å²) >= 11 is 3.53. The molecule has 146 valence electrons. The number of allylic oxidation sites excluding steroid dienone is 1. The fourth-order valence-corrected chi connectivity index (χ4v) is 3.98. The predicted octanol–water partition coefficient (Wildman–Crippen LogP) is 4.56. The molecule has 6 nitrogen and oxygen atoms in total. The zero-order valence-corrected chi connectivity index (χ0v) is 17.6. The molecule has 0 saturated carbocycles. The molecule has 7 heteroatoms. The van der Waals surface area contributed by atoms with Gasteiger partial charge in [0.05, 0.1) is 29.5 Å². The van der Waals surface area contributed by atoms with Crippen molar-refractivity contribution in [3.05, 3.63) is 81.3 Å². The topological polar surface area (TPSA) is 86.1 Å². The standard InChI is InChI=1S/C22H19BrN4O2/c1-3-28-18-10-9-14(23)11-16(18)20-17(12-24)21(25)29-22-19(20)13(2)26-27(22)15-7-5-4-6-8-15/h4-11,20H,3,25H2,1-2H3. The number of para-hydroxylation sites is 1. The van der Waals surface area contributed by atoms with E-state index in [1.807, 2.05) is 62.4 Å². The highest BCUT2D eigenvalue weighted by Gasteiger charge is 2.37. The minimum atomic E-state index is -0.444. The Bertz CT molecular complexity index is 1150. The van der Waals surface area contributed by atoms with E-state index in [1.54, 1.807) is 4.68 Å². The third-order valence-corrected chi connectivity index (χ3v) is 5.31. The summed E-state index contributed by atoms with van der Waals surface area (Å²) in [6.45, 7) is 4.34. The summed E-state index contributed by atoms with van der Waals surface area (Å²) in [5.41, 5.74) is 9.78. The molecule has 2 aromatic carbocycles. The maximum Gasteiger partial charge on any atom is 0.229 e. The molecular weight excluding hydrogens is 432 g/mol. The number of ether oxygens (including phenoxy) is 2. The number of aromatic nitrogens is 2. The van der Waals surface area contributed by atoms with E-state index in [-0.39, 0.29) is 5.88 Å². The van der Waals surface area contributed by atoms with Crippen LogP contribution in [0.25, 0.3) is 5.69 Å². The highest BCUT2D eigenvalue weighted by atomic mass is 79.9. The predicted molar refractivity (Wildman–Crippen MR) is 113 cm³/mol. The van der Waals surface area contributed by atoms with E-state index in [2.05, 4.69) is 27.1 Å². The van der Waals surface area contributed by atoms with E-state index in [9.17, 15) is 5.26 Å². The number of benzene rings is 2. The molecule has 0 spiro atoms. The average Bonchev–Trinajstić information content (AvgIpc) is 3.05. The van der Waals surface area contributed by atoms with Gasteiger partial charge in [0.1, 0.15) is 17.4 Å². The molecule has 1 aliphatic heterocycles. The molecule has 0 aliphatic carbocycles. The quantitative estimate of drug-likeness (QED) is 0.629. The van der Waals surface area contributed by atoms with E-state index in [4.69, 9.17) is 15.2 Å². The van der Waals surface area contributed by atoms with Crippen molar-refractivity contribution in [1.82, 2.24) is 9.78 Å². The minimum absolute atomic E-state index is 0.0736. The molecule has 2 N–H and O–H groups in total. The lowest BCUT2D eigenvalue weighted by Crippen LogP contribution is -2.22. The zero-order valence-electron chi connectivity index (χ0n) is 16.0. The first-order valence-electron chi connectivity index (χ1n) is 9.19. The van der Waals surface area contributed by atoms with Gasteiger partial charge >= 0.3 is 0 Å². The van der Waals surface area contributed by atoms with Crippen LogP contribution in [0.5, 0.6) is 11.6 Å². The van der Waals surface area contributed by atoms with E-state index in [0.29, 0.717) is 23.8 Å². The van der Waals surface area contributed by atoms with Gasteiger partial charge in [-0.1, -0.05) is 34.1 Å². The summed E-state index contributed by atoms with van der Waals surface area (Å²) in [6, 6.07) is 17.7. The molecule has 0 radical (unpaired) electrons. The van der Waals surface area contributed by atoms with E-state index in [1.165, 1.54) is 0 Å². The lowest BCUT2D eigenvalue weighted by atomic mass is 9.83. The van der Waals surface area contributed by atoms with E-state index in [0.717, 1.165) is 27.0 Å². The van der Waals surface area contributed by atoms with Crippen LogP contribution in [-0.4, -0.2) is 16.4 Å². The van der Waals surface area contributed by atoms with Crippen molar-refractivity contribution in [2.75, 3.05) is 6.61 Å². The molecule has 1 atom stereocenters. The minimum Gasteiger partial charge on any atom is -0.494 e. The van der Waals surface area contributed by atoms with Crippen LogP contribution in [0, 0.1) is 18.3 Å². The van der Waals surface area contributed by atoms with Crippen LogP contribution in [-0.2, 0) is 0 Å². The van der Waals surface area contributed by atoms with Crippen LogP contribution < -0.4 is 15.2 Å². The van der Waals surface area contributed by atoms with Gasteiger partial charge in [-0.15, -0.1) is 0 Å². The van der Waals surface area contributed by atoms with E-state index < -0.39 is 5.92 Å². The molecule has 0 saturated heterocycles. The van der Waals surface area contributed by atoms with Crippen molar-refractivity contribution in [3.63, 3.8) is 0 Å². The van der Waals surface area contributed by atoms with Gasteiger partial charge in [-0.25, -0.2) is 4.68 Å². The smallest absolute Gasteiger partial charge is 0.229 e. The first-order chi connectivity index (χ1) is 14.0. The molecule has 0 amide bonds. The van der Waals surface area contributed by atoms with Crippen LogP contribution in [0.1, 0.15) is 29.7 Å². The fraction of sp³-hybridized carbons (Fsp3) is 0.182. The van der Waals surface area contributed by atoms with Crippen LogP contribution in [0.2, 0.25) is 0 Å². The summed E-state index contributed by atoms with van der Waals surface area (Å²) in [5, 5.41) is 14.6. The number of hydrogen-bond donors (Lipinski definition) is 1. The van der Waals surface area contributed by atoms with Gasteiger partial charge in [-0.3, -0.25) is 0 Å². The maximum atomic E-state index is 9.88. The molecule has 0 fully saturated rings. The number of hydrogen-bond acceptors (Lipinski definition) is 5. The number of fused-ring (bicyclic) bond motifs is 1. The number of nitriles is 1. The Kier molecular flexibility index (Phi) is 5.03. The Hall–Kier alpha value is -3.24. The monoisotopic (exact) mass is 450 g/mol. The average molecular weight is 451 g/mol. The Morgan fingerprint density at radius 2 is 2.03 bits per heavy atom. The summed E-state index contributed by atoms with van der Waals surface area (Å²) in [7, 11) is 0. The highest BCUT2D eigenvalue weighted by Crippen LogP contribution is 2.47. The SMILES string of the molecule is CCOc1ccc(Br)cc1C1C(C#N)=C(N)Oc2c1c(C)nn2-c1ccccc1. The fourth-order valence-electron chi connectivity index (χ4n) is 3.60. The van der Waals surface area contributed by atoms with Crippen LogP contribution in [0.15, 0.2) is 64.5 Å². The second-order valence-corrected chi connectivity index (χ2v) is 7.51. The second kappa shape index (κ2) is 7.64.